The molecule has 0 spiro atoms. The van der Waals surface area contributed by atoms with E-state index in [1.54, 1.807) is 4.31 Å². The molecule has 21 heavy (non-hydrogen) atoms. The number of nitrogens with zero attached hydrogens (tertiary/aromatic N) is 1. The van der Waals surface area contributed by atoms with Crippen molar-refractivity contribution < 1.29 is 13.2 Å². The fourth-order valence-electron chi connectivity index (χ4n) is 2.56. The second-order valence-corrected chi connectivity index (χ2v) is 7.89. The van der Waals surface area contributed by atoms with Gasteiger partial charge >= 0.3 is 0 Å². The van der Waals surface area contributed by atoms with Gasteiger partial charge in [-0.1, -0.05) is 37.3 Å². The zero-order valence-corrected chi connectivity index (χ0v) is 14.0. The van der Waals surface area contributed by atoms with Crippen molar-refractivity contribution in [3.05, 3.63) is 35.9 Å². The van der Waals surface area contributed by atoms with Crippen molar-refractivity contribution in [2.75, 3.05) is 24.8 Å². The summed E-state index contributed by atoms with van der Waals surface area (Å²) in [5, 5.41) is 0. The predicted molar refractivity (Wildman–Crippen MR) is 85.3 cm³/mol. The third kappa shape index (κ3) is 4.19. The van der Waals surface area contributed by atoms with Crippen LogP contribution < -0.4 is 0 Å². The first-order chi connectivity index (χ1) is 9.94. The van der Waals surface area contributed by atoms with Gasteiger partial charge in [0.05, 0.1) is 18.5 Å². The quantitative estimate of drug-likeness (QED) is 0.779. The Hall–Kier alpha value is -0.620. The van der Waals surface area contributed by atoms with Crippen LogP contribution in [0, 0.1) is 0 Å². The van der Waals surface area contributed by atoms with Gasteiger partial charge in [0.15, 0.2) is 0 Å². The largest absolute Gasteiger partial charge is 0.374 e. The molecule has 0 amide bonds. The monoisotopic (exact) mass is 331 g/mol. The fraction of sp³-hybridized carbons (Fsp3) is 0.600. The van der Waals surface area contributed by atoms with Gasteiger partial charge in [-0.05, 0) is 18.4 Å². The highest BCUT2D eigenvalue weighted by Gasteiger charge is 2.35. The Morgan fingerprint density at radius 2 is 2.05 bits per heavy atom. The molecule has 3 atom stereocenters. The fourth-order valence-corrected chi connectivity index (χ4v) is 4.77. The van der Waals surface area contributed by atoms with Gasteiger partial charge in [0.25, 0.3) is 0 Å². The van der Waals surface area contributed by atoms with Crippen LogP contribution in [-0.4, -0.2) is 49.7 Å². The highest BCUT2D eigenvalue weighted by Crippen LogP contribution is 2.23. The van der Waals surface area contributed by atoms with Gasteiger partial charge in [-0.2, -0.15) is 4.31 Å². The lowest BCUT2D eigenvalue weighted by molar-refractivity contribution is -0.0152. The molecular weight excluding hydrogens is 310 g/mol. The first-order valence-corrected chi connectivity index (χ1v) is 9.30. The van der Waals surface area contributed by atoms with Crippen LogP contribution in [0.15, 0.2) is 30.3 Å². The van der Waals surface area contributed by atoms with Gasteiger partial charge in [-0.3, -0.25) is 0 Å². The maximum atomic E-state index is 12.7. The average Bonchev–Trinajstić information content (AvgIpc) is 2.48. The lowest BCUT2D eigenvalue weighted by Crippen LogP contribution is -2.52. The summed E-state index contributed by atoms with van der Waals surface area (Å²) < 4.78 is 32.4. The zero-order chi connectivity index (χ0) is 15.5. The van der Waals surface area contributed by atoms with E-state index < -0.39 is 10.0 Å². The van der Waals surface area contributed by atoms with Crippen LogP contribution in [0.1, 0.15) is 25.3 Å². The van der Waals surface area contributed by atoms with Gasteiger partial charge < -0.3 is 4.74 Å². The smallest absolute Gasteiger partial charge is 0.215 e. The molecule has 0 radical (unpaired) electrons. The van der Waals surface area contributed by atoms with Crippen LogP contribution in [0.2, 0.25) is 0 Å². The summed E-state index contributed by atoms with van der Waals surface area (Å²) in [5.41, 5.74) is 1.04. The normalized spacial score (nSPS) is 25.7. The van der Waals surface area contributed by atoms with E-state index >= 15 is 0 Å². The van der Waals surface area contributed by atoms with E-state index in [0.29, 0.717) is 19.0 Å². The van der Waals surface area contributed by atoms with Crippen molar-refractivity contribution in [3.63, 3.8) is 0 Å². The SMILES string of the molecule is CC(CS(=O)(=O)N1CC(CCl)OCC1C)c1ccccc1. The molecule has 0 bridgehead atoms. The molecule has 1 fully saturated rings. The van der Waals surface area contributed by atoms with Gasteiger partial charge in [-0.25, -0.2) is 8.42 Å². The molecule has 118 valence electrons. The van der Waals surface area contributed by atoms with Gasteiger partial charge in [0, 0.05) is 18.5 Å². The molecule has 4 nitrogen and oxygen atoms in total. The van der Waals surface area contributed by atoms with Crippen molar-refractivity contribution in [2.24, 2.45) is 0 Å². The Bertz CT molecular complexity index is 549. The maximum Gasteiger partial charge on any atom is 0.215 e. The summed E-state index contributed by atoms with van der Waals surface area (Å²) in [5.74, 6) is 0.379. The Balaban J connectivity index is 2.10. The highest BCUT2D eigenvalue weighted by atomic mass is 35.5. The number of hydrogen-bond acceptors (Lipinski definition) is 3. The Morgan fingerprint density at radius 3 is 2.67 bits per heavy atom. The third-order valence-corrected chi connectivity index (χ3v) is 6.30. The predicted octanol–water partition coefficient (Wildman–Crippen LogP) is 2.45. The second-order valence-electron chi connectivity index (χ2n) is 5.62. The lowest BCUT2D eigenvalue weighted by atomic mass is 10.0. The van der Waals surface area contributed by atoms with Crippen LogP contribution in [0.4, 0.5) is 0 Å². The van der Waals surface area contributed by atoms with E-state index in [9.17, 15) is 8.42 Å². The number of morpholine rings is 1. The van der Waals surface area contributed by atoms with Crippen molar-refractivity contribution in [1.29, 1.82) is 0 Å². The summed E-state index contributed by atoms with van der Waals surface area (Å²) in [6, 6.07) is 9.57. The number of alkyl halides is 1. The van der Waals surface area contributed by atoms with Crippen molar-refractivity contribution in [1.82, 2.24) is 4.31 Å². The van der Waals surface area contributed by atoms with E-state index in [1.807, 2.05) is 44.2 Å². The molecule has 6 heteroatoms. The molecule has 0 N–H and O–H groups in total. The molecule has 1 aliphatic rings. The molecule has 3 unspecified atom stereocenters. The Morgan fingerprint density at radius 1 is 1.38 bits per heavy atom. The van der Waals surface area contributed by atoms with E-state index in [4.69, 9.17) is 16.3 Å². The van der Waals surface area contributed by atoms with Gasteiger partial charge in [-0.15, -0.1) is 11.6 Å². The molecule has 1 saturated heterocycles. The maximum absolute atomic E-state index is 12.7. The Labute approximate surface area is 132 Å². The number of rotatable bonds is 5. The number of ether oxygens (including phenoxy) is 1. The Kier molecular flexibility index (Phi) is 5.66. The van der Waals surface area contributed by atoms with E-state index in [0.717, 1.165) is 5.56 Å². The van der Waals surface area contributed by atoms with E-state index in [2.05, 4.69) is 0 Å². The first kappa shape index (κ1) is 16.7. The number of halogens is 1. The van der Waals surface area contributed by atoms with E-state index in [-0.39, 0.29) is 23.8 Å². The van der Waals surface area contributed by atoms with Crippen LogP contribution in [0.3, 0.4) is 0 Å². The van der Waals surface area contributed by atoms with Gasteiger partial charge in [0.2, 0.25) is 10.0 Å². The minimum atomic E-state index is -3.33. The third-order valence-electron chi connectivity index (χ3n) is 3.81. The molecule has 0 aromatic heterocycles. The molecule has 0 aliphatic carbocycles. The summed E-state index contributed by atoms with van der Waals surface area (Å²) in [6.45, 7) is 4.55. The minimum Gasteiger partial charge on any atom is -0.374 e. The molecule has 1 aromatic carbocycles. The summed E-state index contributed by atoms with van der Waals surface area (Å²) in [6.07, 6.45) is -0.218. The van der Waals surface area contributed by atoms with Crippen LogP contribution in [0.25, 0.3) is 0 Å². The lowest BCUT2D eigenvalue weighted by Gasteiger charge is -2.36. The van der Waals surface area contributed by atoms with E-state index in [1.165, 1.54) is 0 Å². The molecule has 2 rings (SSSR count). The summed E-state index contributed by atoms with van der Waals surface area (Å²) >= 11 is 5.80. The molecule has 1 heterocycles. The van der Waals surface area contributed by atoms with Crippen molar-refractivity contribution in [3.8, 4) is 0 Å². The zero-order valence-electron chi connectivity index (χ0n) is 12.4. The molecule has 1 aromatic rings. The van der Waals surface area contributed by atoms with Gasteiger partial charge in [0.1, 0.15) is 0 Å². The number of sulfonamides is 1. The van der Waals surface area contributed by atoms with Crippen LogP contribution >= 0.6 is 11.6 Å². The molecule has 1 aliphatic heterocycles. The minimum absolute atomic E-state index is 0.0410. The second kappa shape index (κ2) is 7.09. The number of hydrogen-bond donors (Lipinski definition) is 0. The molecule has 0 saturated carbocycles. The summed E-state index contributed by atoms with van der Waals surface area (Å²) in [7, 11) is -3.33. The summed E-state index contributed by atoms with van der Waals surface area (Å²) in [4.78, 5) is 0. The standard InChI is InChI=1S/C15H22ClNO3S/c1-12(14-6-4-3-5-7-14)11-21(18,19)17-9-15(8-16)20-10-13(17)2/h3-7,12-13,15H,8-11H2,1-2H3. The van der Waals surface area contributed by atoms with Crippen molar-refractivity contribution in [2.45, 2.75) is 31.9 Å². The average molecular weight is 332 g/mol. The van der Waals surface area contributed by atoms with Crippen LogP contribution in [-0.2, 0) is 14.8 Å². The molecular formula is C15H22ClNO3S. The number of benzene rings is 1. The van der Waals surface area contributed by atoms with Crippen molar-refractivity contribution >= 4 is 21.6 Å². The highest BCUT2D eigenvalue weighted by molar-refractivity contribution is 7.89. The van der Waals surface area contributed by atoms with Crippen LogP contribution in [0.5, 0.6) is 0 Å². The first-order valence-electron chi connectivity index (χ1n) is 7.16. The topological polar surface area (TPSA) is 46.6 Å².